The minimum Gasteiger partial charge on any atom is -0.493 e. The van der Waals surface area contributed by atoms with Gasteiger partial charge in [0.25, 0.3) is 0 Å². The lowest BCUT2D eigenvalue weighted by Crippen LogP contribution is -1.91. The van der Waals surface area contributed by atoms with Crippen LogP contribution < -0.4 is 9.47 Å². The van der Waals surface area contributed by atoms with Crippen LogP contribution in [-0.2, 0) is 0 Å². The second kappa shape index (κ2) is 6.32. The summed E-state index contributed by atoms with van der Waals surface area (Å²) >= 11 is 0. The lowest BCUT2D eigenvalue weighted by molar-refractivity contribution is 0.355. The molecule has 0 atom stereocenters. The summed E-state index contributed by atoms with van der Waals surface area (Å²) in [5, 5.41) is 0. The number of nitrogens with zero attached hydrogens (tertiary/aromatic N) is 1. The third-order valence-electron chi connectivity index (χ3n) is 4.25. The SMILES string of the molecule is COc1ccc(-c2nc3c(-c4ccccc4)cccc3[nH]2)cc1OC. The molecule has 3 aromatic carbocycles. The second-order valence-electron chi connectivity index (χ2n) is 5.72. The zero-order chi connectivity index (χ0) is 17.2. The second-order valence-corrected chi connectivity index (χ2v) is 5.72. The molecular formula is C21H18N2O2. The van der Waals surface area contributed by atoms with Gasteiger partial charge in [0.1, 0.15) is 5.82 Å². The first-order valence-corrected chi connectivity index (χ1v) is 8.06. The van der Waals surface area contributed by atoms with Gasteiger partial charge in [0.2, 0.25) is 0 Å². The number of H-pyrrole nitrogens is 1. The molecule has 1 N–H and O–H groups in total. The van der Waals surface area contributed by atoms with Gasteiger partial charge in [-0.15, -0.1) is 0 Å². The van der Waals surface area contributed by atoms with Crippen LogP contribution in [0.1, 0.15) is 0 Å². The Labute approximate surface area is 146 Å². The highest BCUT2D eigenvalue weighted by molar-refractivity contribution is 5.93. The van der Waals surface area contributed by atoms with Crippen LogP contribution in [0.3, 0.4) is 0 Å². The average Bonchev–Trinajstić information content (AvgIpc) is 3.12. The minimum atomic E-state index is 0.684. The van der Waals surface area contributed by atoms with Crippen LogP contribution in [0.15, 0.2) is 66.7 Å². The van der Waals surface area contributed by atoms with E-state index in [-0.39, 0.29) is 0 Å². The Hall–Kier alpha value is -3.27. The minimum absolute atomic E-state index is 0.684. The van der Waals surface area contributed by atoms with Crippen LogP contribution in [0.5, 0.6) is 11.5 Å². The maximum absolute atomic E-state index is 5.40. The predicted octanol–water partition coefficient (Wildman–Crippen LogP) is 4.91. The van der Waals surface area contributed by atoms with Crippen LogP contribution in [0.2, 0.25) is 0 Å². The van der Waals surface area contributed by atoms with E-state index in [2.05, 4.69) is 23.2 Å². The third-order valence-corrected chi connectivity index (χ3v) is 4.25. The third kappa shape index (κ3) is 2.72. The van der Waals surface area contributed by atoms with Crippen LogP contribution >= 0.6 is 0 Å². The number of hydrogen-bond donors (Lipinski definition) is 1. The summed E-state index contributed by atoms with van der Waals surface area (Å²) in [4.78, 5) is 8.24. The summed E-state index contributed by atoms with van der Waals surface area (Å²) < 4.78 is 10.7. The largest absolute Gasteiger partial charge is 0.493 e. The smallest absolute Gasteiger partial charge is 0.161 e. The van der Waals surface area contributed by atoms with E-state index in [0.717, 1.165) is 33.5 Å². The molecule has 4 heteroatoms. The van der Waals surface area contributed by atoms with E-state index >= 15 is 0 Å². The molecule has 4 rings (SSSR count). The first kappa shape index (κ1) is 15.3. The topological polar surface area (TPSA) is 47.1 Å². The van der Waals surface area contributed by atoms with Gasteiger partial charge in [-0.2, -0.15) is 0 Å². The van der Waals surface area contributed by atoms with Crippen molar-refractivity contribution < 1.29 is 9.47 Å². The van der Waals surface area contributed by atoms with E-state index in [9.17, 15) is 0 Å². The lowest BCUT2D eigenvalue weighted by atomic mass is 10.0. The van der Waals surface area contributed by atoms with Crippen LogP contribution in [0.25, 0.3) is 33.5 Å². The number of para-hydroxylation sites is 1. The Kier molecular flexibility index (Phi) is 3.86. The summed E-state index contributed by atoms with van der Waals surface area (Å²) in [6.45, 7) is 0. The van der Waals surface area contributed by atoms with Crippen LogP contribution in [0, 0.1) is 0 Å². The normalized spacial score (nSPS) is 10.8. The molecule has 0 spiro atoms. The molecule has 0 amide bonds. The van der Waals surface area contributed by atoms with Crippen molar-refractivity contribution in [3.63, 3.8) is 0 Å². The van der Waals surface area contributed by atoms with Crippen molar-refractivity contribution in [1.29, 1.82) is 0 Å². The molecule has 1 heterocycles. The molecule has 0 bridgehead atoms. The first-order valence-electron chi connectivity index (χ1n) is 8.06. The lowest BCUT2D eigenvalue weighted by Gasteiger charge is -2.08. The number of hydrogen-bond acceptors (Lipinski definition) is 3. The number of aromatic nitrogens is 2. The van der Waals surface area contributed by atoms with Gasteiger partial charge in [-0.3, -0.25) is 0 Å². The van der Waals surface area contributed by atoms with Gasteiger partial charge >= 0.3 is 0 Å². The number of aromatic amines is 1. The molecule has 4 nitrogen and oxygen atoms in total. The molecule has 4 aromatic rings. The molecule has 0 aliphatic heterocycles. The zero-order valence-electron chi connectivity index (χ0n) is 14.1. The van der Waals surface area contributed by atoms with Gasteiger partial charge in [0, 0.05) is 11.1 Å². The monoisotopic (exact) mass is 330 g/mol. The summed E-state index contributed by atoms with van der Waals surface area (Å²) in [5.41, 5.74) is 5.18. The molecular weight excluding hydrogens is 312 g/mol. The number of imidazole rings is 1. The predicted molar refractivity (Wildman–Crippen MR) is 100 cm³/mol. The highest BCUT2D eigenvalue weighted by Crippen LogP contribution is 2.33. The molecule has 0 aliphatic carbocycles. The fourth-order valence-electron chi connectivity index (χ4n) is 3.00. The fraction of sp³-hybridized carbons (Fsp3) is 0.0952. The molecule has 124 valence electrons. The van der Waals surface area contributed by atoms with E-state index in [4.69, 9.17) is 14.5 Å². The van der Waals surface area contributed by atoms with Gasteiger partial charge in [0.05, 0.1) is 25.3 Å². The molecule has 0 radical (unpaired) electrons. The van der Waals surface area contributed by atoms with Crippen molar-refractivity contribution in [3.05, 3.63) is 66.7 Å². The van der Waals surface area contributed by atoms with Gasteiger partial charge in [0.15, 0.2) is 11.5 Å². The van der Waals surface area contributed by atoms with Crippen molar-refractivity contribution >= 4 is 11.0 Å². The highest BCUT2D eigenvalue weighted by Gasteiger charge is 2.12. The van der Waals surface area contributed by atoms with E-state index in [1.165, 1.54) is 0 Å². The Morgan fingerprint density at radius 1 is 0.760 bits per heavy atom. The van der Waals surface area contributed by atoms with Crippen molar-refractivity contribution in [2.24, 2.45) is 0 Å². The van der Waals surface area contributed by atoms with E-state index < -0.39 is 0 Å². The molecule has 0 fully saturated rings. The molecule has 0 saturated carbocycles. The zero-order valence-corrected chi connectivity index (χ0v) is 14.1. The van der Waals surface area contributed by atoms with Crippen molar-refractivity contribution in [3.8, 4) is 34.0 Å². The fourth-order valence-corrected chi connectivity index (χ4v) is 3.00. The molecule has 1 aromatic heterocycles. The van der Waals surface area contributed by atoms with Crippen molar-refractivity contribution in [2.75, 3.05) is 14.2 Å². The number of fused-ring (bicyclic) bond motifs is 1. The quantitative estimate of drug-likeness (QED) is 0.578. The summed E-state index contributed by atoms with van der Waals surface area (Å²) in [7, 11) is 3.26. The number of rotatable bonds is 4. The first-order chi connectivity index (χ1) is 12.3. The molecule has 0 aliphatic rings. The van der Waals surface area contributed by atoms with Gasteiger partial charge in [-0.25, -0.2) is 4.98 Å². The van der Waals surface area contributed by atoms with Gasteiger partial charge < -0.3 is 14.5 Å². The molecule has 0 saturated heterocycles. The van der Waals surface area contributed by atoms with Crippen molar-refractivity contribution in [1.82, 2.24) is 9.97 Å². The molecule has 0 unspecified atom stereocenters. The van der Waals surface area contributed by atoms with Gasteiger partial charge in [-0.05, 0) is 29.8 Å². The Bertz CT molecular complexity index is 1020. The highest BCUT2D eigenvalue weighted by atomic mass is 16.5. The van der Waals surface area contributed by atoms with Gasteiger partial charge in [-0.1, -0.05) is 42.5 Å². The standard InChI is InChI=1S/C21H18N2O2/c1-24-18-12-11-15(13-19(18)25-2)21-22-17-10-6-9-16(20(17)23-21)14-7-4-3-5-8-14/h3-13H,1-2H3,(H,22,23). The maximum Gasteiger partial charge on any atom is 0.161 e. The van der Waals surface area contributed by atoms with E-state index in [1.54, 1.807) is 14.2 Å². The number of nitrogens with one attached hydrogen (secondary N) is 1. The van der Waals surface area contributed by atoms with Crippen LogP contribution in [0.4, 0.5) is 0 Å². The van der Waals surface area contributed by atoms with E-state index in [1.807, 2.05) is 48.5 Å². The number of methoxy groups -OCH3 is 2. The maximum atomic E-state index is 5.40. The summed E-state index contributed by atoms with van der Waals surface area (Å²) in [6, 6.07) is 22.3. The Morgan fingerprint density at radius 3 is 2.32 bits per heavy atom. The Morgan fingerprint density at radius 2 is 1.56 bits per heavy atom. The number of benzene rings is 3. The summed E-state index contributed by atoms with van der Waals surface area (Å²) in [5.74, 6) is 2.19. The average molecular weight is 330 g/mol. The summed E-state index contributed by atoms with van der Waals surface area (Å²) in [6.07, 6.45) is 0. The number of ether oxygens (including phenoxy) is 2. The Balaban J connectivity index is 1.85. The van der Waals surface area contributed by atoms with Crippen LogP contribution in [-0.4, -0.2) is 24.2 Å². The van der Waals surface area contributed by atoms with Crippen molar-refractivity contribution in [2.45, 2.75) is 0 Å². The van der Waals surface area contributed by atoms with E-state index in [0.29, 0.717) is 11.5 Å². The molecule has 25 heavy (non-hydrogen) atoms.